The van der Waals surface area contributed by atoms with Crippen molar-refractivity contribution in [3.05, 3.63) is 64.7 Å². The van der Waals surface area contributed by atoms with Crippen molar-refractivity contribution in [2.75, 3.05) is 13.2 Å². The van der Waals surface area contributed by atoms with E-state index in [1.54, 1.807) is 0 Å². The first-order valence-corrected chi connectivity index (χ1v) is 8.07. The second kappa shape index (κ2) is 7.66. The molecule has 0 aliphatic rings. The first-order chi connectivity index (χ1) is 10.5. The molecule has 0 amide bonds. The summed E-state index contributed by atoms with van der Waals surface area (Å²) in [5.41, 5.74) is 8.38. The van der Waals surface area contributed by atoms with E-state index in [9.17, 15) is 0 Å². The number of benzene rings is 2. The number of halogens is 1. The van der Waals surface area contributed by atoms with Crippen LogP contribution in [0.15, 0.2) is 48.5 Å². The van der Waals surface area contributed by atoms with Gasteiger partial charge in [0.15, 0.2) is 0 Å². The molecule has 1 atom stereocenters. The van der Waals surface area contributed by atoms with Crippen LogP contribution in [0.1, 0.15) is 30.9 Å². The molecule has 2 N–H and O–H groups in total. The van der Waals surface area contributed by atoms with E-state index in [0.717, 1.165) is 29.2 Å². The summed E-state index contributed by atoms with van der Waals surface area (Å²) in [4.78, 5) is 0. The number of hydrogen-bond acceptors (Lipinski definition) is 2. The van der Waals surface area contributed by atoms with Crippen molar-refractivity contribution in [2.24, 2.45) is 5.73 Å². The molecule has 0 aromatic heterocycles. The number of rotatable bonds is 7. The molecule has 118 valence electrons. The second-order valence-corrected chi connectivity index (χ2v) is 6.43. The second-order valence-electron chi connectivity index (χ2n) is 5.99. The first-order valence-electron chi connectivity index (χ1n) is 7.70. The average molecular weight is 318 g/mol. The van der Waals surface area contributed by atoms with E-state index in [4.69, 9.17) is 22.1 Å². The minimum absolute atomic E-state index is 0.000337. The lowest BCUT2D eigenvalue weighted by atomic mass is 9.79. The quantitative estimate of drug-likeness (QED) is 0.750. The predicted molar refractivity (Wildman–Crippen MR) is 93.8 cm³/mol. The van der Waals surface area contributed by atoms with Crippen LogP contribution in [0.4, 0.5) is 0 Å². The molecule has 0 aliphatic heterocycles. The Kier molecular flexibility index (Phi) is 5.87. The Bertz CT molecular complexity index is 600. The zero-order chi connectivity index (χ0) is 16.0. The highest BCUT2D eigenvalue weighted by Gasteiger charge is 2.24. The summed E-state index contributed by atoms with van der Waals surface area (Å²) in [5, 5.41) is 0.740. The lowest BCUT2D eigenvalue weighted by Gasteiger charge is -2.28. The molecule has 0 heterocycles. The third kappa shape index (κ3) is 4.25. The van der Waals surface area contributed by atoms with Crippen molar-refractivity contribution in [3.63, 3.8) is 0 Å². The van der Waals surface area contributed by atoms with E-state index >= 15 is 0 Å². The lowest BCUT2D eigenvalue weighted by Crippen LogP contribution is -2.32. The van der Waals surface area contributed by atoms with Crippen molar-refractivity contribution >= 4 is 11.6 Å². The van der Waals surface area contributed by atoms with Gasteiger partial charge in [0, 0.05) is 17.0 Å². The van der Waals surface area contributed by atoms with Crippen molar-refractivity contribution in [1.82, 2.24) is 0 Å². The largest absolute Gasteiger partial charge is 0.493 e. The molecule has 0 fully saturated rings. The molecule has 1 unspecified atom stereocenters. The van der Waals surface area contributed by atoms with Gasteiger partial charge in [-0.15, -0.1) is 0 Å². The third-order valence-electron chi connectivity index (χ3n) is 4.19. The van der Waals surface area contributed by atoms with E-state index in [1.807, 2.05) is 31.2 Å². The van der Waals surface area contributed by atoms with Crippen LogP contribution in [0.5, 0.6) is 5.75 Å². The zero-order valence-electron chi connectivity index (χ0n) is 13.3. The molecule has 0 saturated heterocycles. The molecule has 0 aliphatic carbocycles. The Hall–Kier alpha value is -1.51. The van der Waals surface area contributed by atoms with Gasteiger partial charge in [-0.25, -0.2) is 0 Å². The van der Waals surface area contributed by atoms with Crippen LogP contribution in [0.25, 0.3) is 0 Å². The van der Waals surface area contributed by atoms with Gasteiger partial charge >= 0.3 is 0 Å². The standard InChI is InChI=1S/C19H24ClNO/c1-15-13-17(20)9-10-18(15)22-12-6-11-19(2,14-21)16-7-4-3-5-8-16/h3-5,7-10,13H,6,11-12,14,21H2,1-2H3. The Morgan fingerprint density at radius 2 is 1.86 bits per heavy atom. The van der Waals surface area contributed by atoms with Gasteiger partial charge in [-0.1, -0.05) is 48.9 Å². The van der Waals surface area contributed by atoms with Crippen LogP contribution in [0, 0.1) is 6.92 Å². The summed E-state index contributed by atoms with van der Waals surface area (Å²) >= 11 is 5.96. The fourth-order valence-corrected chi connectivity index (χ4v) is 2.85. The summed E-state index contributed by atoms with van der Waals surface area (Å²) in [5.74, 6) is 0.901. The summed E-state index contributed by atoms with van der Waals surface area (Å²) in [6.07, 6.45) is 1.96. The molecule has 2 aromatic rings. The minimum Gasteiger partial charge on any atom is -0.493 e. The predicted octanol–water partition coefficient (Wildman–Crippen LogP) is 4.72. The fourth-order valence-electron chi connectivity index (χ4n) is 2.62. The molecule has 2 nitrogen and oxygen atoms in total. The van der Waals surface area contributed by atoms with Gasteiger partial charge in [0.2, 0.25) is 0 Å². The van der Waals surface area contributed by atoms with E-state index < -0.39 is 0 Å². The Morgan fingerprint density at radius 1 is 1.14 bits per heavy atom. The number of hydrogen-bond donors (Lipinski definition) is 1. The minimum atomic E-state index is -0.000337. The molecule has 2 rings (SSSR count). The van der Waals surface area contributed by atoms with E-state index in [1.165, 1.54) is 5.56 Å². The van der Waals surface area contributed by atoms with Gasteiger partial charge in [0.1, 0.15) is 5.75 Å². The topological polar surface area (TPSA) is 35.2 Å². The van der Waals surface area contributed by atoms with Gasteiger partial charge in [-0.3, -0.25) is 0 Å². The maximum atomic E-state index is 6.02. The van der Waals surface area contributed by atoms with Crippen molar-refractivity contribution < 1.29 is 4.74 Å². The van der Waals surface area contributed by atoms with Crippen LogP contribution in [-0.4, -0.2) is 13.2 Å². The van der Waals surface area contributed by atoms with E-state index in [0.29, 0.717) is 13.2 Å². The first kappa shape index (κ1) is 16.9. The van der Waals surface area contributed by atoms with Crippen LogP contribution in [-0.2, 0) is 5.41 Å². The molecule has 0 saturated carbocycles. The smallest absolute Gasteiger partial charge is 0.122 e. The monoisotopic (exact) mass is 317 g/mol. The Morgan fingerprint density at radius 3 is 2.50 bits per heavy atom. The maximum Gasteiger partial charge on any atom is 0.122 e. The highest BCUT2D eigenvalue weighted by atomic mass is 35.5. The molecule has 2 aromatic carbocycles. The molecule has 3 heteroatoms. The molecule has 0 spiro atoms. The molecule has 0 radical (unpaired) electrons. The van der Waals surface area contributed by atoms with Crippen LogP contribution in [0.3, 0.4) is 0 Å². The highest BCUT2D eigenvalue weighted by Crippen LogP contribution is 2.28. The third-order valence-corrected chi connectivity index (χ3v) is 4.42. The Balaban J connectivity index is 1.89. The van der Waals surface area contributed by atoms with E-state index in [2.05, 4.69) is 31.2 Å². The number of aryl methyl sites for hydroxylation is 1. The van der Waals surface area contributed by atoms with E-state index in [-0.39, 0.29) is 5.41 Å². The lowest BCUT2D eigenvalue weighted by molar-refractivity contribution is 0.284. The SMILES string of the molecule is Cc1cc(Cl)ccc1OCCCC(C)(CN)c1ccccc1. The maximum absolute atomic E-state index is 6.02. The van der Waals surface area contributed by atoms with Gasteiger partial charge < -0.3 is 10.5 Å². The zero-order valence-corrected chi connectivity index (χ0v) is 14.1. The van der Waals surface area contributed by atoms with Gasteiger partial charge in [0.25, 0.3) is 0 Å². The number of nitrogens with two attached hydrogens (primary N) is 1. The van der Waals surface area contributed by atoms with Gasteiger partial charge in [-0.2, -0.15) is 0 Å². The van der Waals surface area contributed by atoms with Crippen LogP contribution < -0.4 is 10.5 Å². The fraction of sp³-hybridized carbons (Fsp3) is 0.368. The molecule has 22 heavy (non-hydrogen) atoms. The molecular weight excluding hydrogens is 294 g/mol. The van der Waals surface area contributed by atoms with Crippen molar-refractivity contribution in [1.29, 1.82) is 0 Å². The van der Waals surface area contributed by atoms with Crippen LogP contribution >= 0.6 is 11.6 Å². The van der Waals surface area contributed by atoms with Gasteiger partial charge in [0.05, 0.1) is 6.61 Å². The summed E-state index contributed by atoms with van der Waals surface area (Å²) in [6.45, 7) is 5.55. The van der Waals surface area contributed by atoms with Crippen molar-refractivity contribution in [3.8, 4) is 5.75 Å². The Labute approximate surface area is 138 Å². The number of ether oxygens (including phenoxy) is 1. The normalized spacial score (nSPS) is 13.6. The van der Waals surface area contributed by atoms with Crippen molar-refractivity contribution in [2.45, 2.75) is 32.1 Å². The highest BCUT2D eigenvalue weighted by molar-refractivity contribution is 6.30. The average Bonchev–Trinajstić information content (AvgIpc) is 2.54. The molecule has 0 bridgehead atoms. The summed E-state index contributed by atoms with van der Waals surface area (Å²) < 4.78 is 5.87. The van der Waals surface area contributed by atoms with Gasteiger partial charge in [-0.05, 0) is 49.1 Å². The molecular formula is C19H24ClNO. The summed E-state index contributed by atoms with van der Waals surface area (Å²) in [7, 11) is 0. The summed E-state index contributed by atoms with van der Waals surface area (Å²) in [6, 6.07) is 16.2. The van der Waals surface area contributed by atoms with Crippen LogP contribution in [0.2, 0.25) is 5.02 Å².